The van der Waals surface area contributed by atoms with Gasteiger partial charge in [0.15, 0.2) is 0 Å². The first-order valence-corrected chi connectivity index (χ1v) is 7.42. The van der Waals surface area contributed by atoms with Crippen LogP contribution in [-0.2, 0) is 16.8 Å². The van der Waals surface area contributed by atoms with Gasteiger partial charge >= 0.3 is 5.97 Å². The highest BCUT2D eigenvalue weighted by molar-refractivity contribution is 5.82. The minimum absolute atomic E-state index is 0.277. The van der Waals surface area contributed by atoms with E-state index in [4.69, 9.17) is 0 Å². The van der Waals surface area contributed by atoms with Crippen LogP contribution in [0.2, 0.25) is 0 Å². The smallest absolute Gasteiger partial charge is 0.328 e. The van der Waals surface area contributed by atoms with Crippen molar-refractivity contribution in [3.8, 4) is 0 Å². The molecule has 0 bridgehead atoms. The second kappa shape index (κ2) is 5.17. The fraction of sp³-hybridized carbons (Fsp3) is 0.562. The average Bonchev–Trinajstić information content (AvgIpc) is 2.61. The molecule has 3 nitrogen and oxygen atoms in total. The third kappa shape index (κ3) is 2.03. The Kier molecular flexibility index (Phi) is 3.50. The molecule has 1 saturated heterocycles. The van der Waals surface area contributed by atoms with Gasteiger partial charge in [-0.2, -0.15) is 0 Å². The van der Waals surface area contributed by atoms with Gasteiger partial charge in [-0.3, -0.25) is 4.90 Å². The number of carboxylic acid groups (broad SMARTS) is 1. The maximum Gasteiger partial charge on any atom is 0.328 e. The summed E-state index contributed by atoms with van der Waals surface area (Å²) in [5, 5.41) is 9.89. The molecule has 0 amide bonds. The predicted molar refractivity (Wildman–Crippen MR) is 74.1 cm³/mol. The van der Waals surface area contributed by atoms with Crippen molar-refractivity contribution in [2.75, 3.05) is 13.1 Å². The molecule has 1 unspecified atom stereocenters. The number of halogens is 1. The van der Waals surface area contributed by atoms with Crippen molar-refractivity contribution in [2.45, 2.75) is 44.1 Å². The van der Waals surface area contributed by atoms with E-state index in [1.165, 1.54) is 25.0 Å². The number of benzene rings is 1. The number of aliphatic carboxylic acids is 1. The van der Waals surface area contributed by atoms with Gasteiger partial charge < -0.3 is 5.11 Å². The van der Waals surface area contributed by atoms with Crippen LogP contribution < -0.4 is 0 Å². The normalized spacial score (nSPS) is 27.1. The summed E-state index contributed by atoms with van der Waals surface area (Å²) < 4.78 is 13.4. The molecule has 3 rings (SSSR count). The lowest BCUT2D eigenvalue weighted by molar-refractivity contribution is -0.152. The summed E-state index contributed by atoms with van der Waals surface area (Å²) >= 11 is 0. The van der Waals surface area contributed by atoms with E-state index in [1.807, 2.05) is 0 Å². The third-order valence-electron chi connectivity index (χ3n) is 4.77. The zero-order chi connectivity index (χ0) is 14.2. The Hall–Kier alpha value is -1.42. The molecule has 1 aromatic rings. The third-order valence-corrected chi connectivity index (χ3v) is 4.77. The molecule has 0 radical (unpaired) electrons. The SMILES string of the molecule is O=C(O)C1(N2CCCCCC2)CCc2cc(F)ccc21. The molecule has 4 heteroatoms. The lowest BCUT2D eigenvalue weighted by Gasteiger charge is -2.38. The molecule has 1 fully saturated rings. The first kappa shape index (κ1) is 13.6. The van der Waals surface area contributed by atoms with Crippen LogP contribution in [0.25, 0.3) is 0 Å². The van der Waals surface area contributed by atoms with E-state index in [9.17, 15) is 14.3 Å². The number of carbonyl (C=O) groups is 1. The van der Waals surface area contributed by atoms with E-state index >= 15 is 0 Å². The molecule has 2 aliphatic rings. The fourth-order valence-corrected chi connectivity index (χ4v) is 3.76. The van der Waals surface area contributed by atoms with Crippen LogP contribution >= 0.6 is 0 Å². The van der Waals surface area contributed by atoms with E-state index in [0.29, 0.717) is 12.8 Å². The Morgan fingerprint density at radius 2 is 1.90 bits per heavy atom. The van der Waals surface area contributed by atoms with E-state index in [1.54, 1.807) is 6.07 Å². The molecule has 1 atom stereocenters. The van der Waals surface area contributed by atoms with Crippen LogP contribution in [0, 0.1) is 5.82 Å². The van der Waals surface area contributed by atoms with Crippen molar-refractivity contribution >= 4 is 5.97 Å². The maximum absolute atomic E-state index is 13.4. The quantitative estimate of drug-likeness (QED) is 0.903. The average molecular weight is 277 g/mol. The van der Waals surface area contributed by atoms with Gasteiger partial charge in [0, 0.05) is 0 Å². The highest BCUT2D eigenvalue weighted by Crippen LogP contribution is 2.43. The van der Waals surface area contributed by atoms with E-state index in [2.05, 4.69) is 4.90 Å². The Labute approximate surface area is 118 Å². The van der Waals surface area contributed by atoms with Crippen molar-refractivity contribution in [1.82, 2.24) is 4.90 Å². The molecular formula is C16H20FNO2. The zero-order valence-corrected chi connectivity index (χ0v) is 11.6. The van der Waals surface area contributed by atoms with E-state index in [-0.39, 0.29) is 5.82 Å². The first-order valence-electron chi connectivity index (χ1n) is 7.42. The predicted octanol–water partition coefficient (Wildman–Crippen LogP) is 2.93. The number of carboxylic acids is 1. The van der Waals surface area contributed by atoms with Gasteiger partial charge in [0.05, 0.1) is 0 Å². The van der Waals surface area contributed by atoms with Crippen molar-refractivity contribution in [3.05, 3.63) is 35.1 Å². The van der Waals surface area contributed by atoms with Crippen molar-refractivity contribution in [1.29, 1.82) is 0 Å². The van der Waals surface area contributed by atoms with Crippen LogP contribution in [0.5, 0.6) is 0 Å². The van der Waals surface area contributed by atoms with Crippen molar-refractivity contribution < 1.29 is 14.3 Å². The molecule has 1 aliphatic carbocycles. The Bertz CT molecular complexity index is 523. The van der Waals surface area contributed by atoms with Crippen LogP contribution in [0.3, 0.4) is 0 Å². The standard InChI is InChI=1S/C16H20FNO2/c17-13-5-6-14-12(11-13)7-8-16(14,15(19)20)18-9-3-1-2-4-10-18/h5-6,11H,1-4,7-10H2,(H,19,20). The van der Waals surface area contributed by atoms with Gasteiger partial charge in [-0.25, -0.2) is 9.18 Å². The summed E-state index contributed by atoms with van der Waals surface area (Å²) in [6, 6.07) is 4.56. The van der Waals surface area contributed by atoms with Crippen LogP contribution in [0.1, 0.15) is 43.2 Å². The molecule has 1 aliphatic heterocycles. The number of rotatable bonds is 2. The molecule has 0 saturated carbocycles. The molecule has 0 spiro atoms. The number of fused-ring (bicyclic) bond motifs is 1. The summed E-state index contributed by atoms with van der Waals surface area (Å²) in [4.78, 5) is 14.2. The first-order chi connectivity index (χ1) is 9.64. The van der Waals surface area contributed by atoms with Gasteiger partial charge in [0.1, 0.15) is 11.4 Å². The number of nitrogens with zero attached hydrogens (tertiary/aromatic N) is 1. The highest BCUT2D eigenvalue weighted by atomic mass is 19.1. The molecular weight excluding hydrogens is 257 g/mol. The number of aryl methyl sites for hydroxylation is 1. The summed E-state index contributed by atoms with van der Waals surface area (Å²) in [5.41, 5.74) is 0.720. The summed E-state index contributed by atoms with van der Waals surface area (Å²) in [6.45, 7) is 1.65. The zero-order valence-electron chi connectivity index (χ0n) is 11.6. The van der Waals surface area contributed by atoms with Crippen molar-refractivity contribution in [2.24, 2.45) is 0 Å². The second-order valence-electron chi connectivity index (χ2n) is 5.87. The van der Waals surface area contributed by atoms with Crippen LogP contribution in [-0.4, -0.2) is 29.1 Å². The molecule has 1 heterocycles. The van der Waals surface area contributed by atoms with Gasteiger partial charge in [0.2, 0.25) is 0 Å². The molecule has 20 heavy (non-hydrogen) atoms. The van der Waals surface area contributed by atoms with Gasteiger partial charge in [-0.15, -0.1) is 0 Å². The topological polar surface area (TPSA) is 40.5 Å². The molecule has 1 N–H and O–H groups in total. The minimum Gasteiger partial charge on any atom is -0.480 e. The van der Waals surface area contributed by atoms with E-state index in [0.717, 1.165) is 37.1 Å². The summed E-state index contributed by atoms with van der Waals surface area (Å²) in [7, 11) is 0. The van der Waals surface area contributed by atoms with Gasteiger partial charge in [0.25, 0.3) is 0 Å². The summed E-state index contributed by atoms with van der Waals surface area (Å²) in [5.74, 6) is -1.06. The number of likely N-dealkylation sites (tertiary alicyclic amines) is 1. The number of hydrogen-bond donors (Lipinski definition) is 1. The molecule has 0 aromatic heterocycles. The monoisotopic (exact) mass is 277 g/mol. The van der Waals surface area contributed by atoms with Gasteiger partial charge in [-0.05, 0) is 62.0 Å². The highest BCUT2D eigenvalue weighted by Gasteiger charge is 2.50. The molecule has 108 valence electrons. The van der Waals surface area contributed by atoms with Crippen molar-refractivity contribution in [3.63, 3.8) is 0 Å². The Morgan fingerprint density at radius 1 is 1.20 bits per heavy atom. The second-order valence-corrected chi connectivity index (χ2v) is 5.87. The van der Waals surface area contributed by atoms with Gasteiger partial charge in [-0.1, -0.05) is 18.9 Å². The number of hydrogen-bond acceptors (Lipinski definition) is 2. The Morgan fingerprint density at radius 3 is 2.55 bits per heavy atom. The summed E-state index contributed by atoms with van der Waals surface area (Å²) in [6.07, 6.45) is 5.64. The minimum atomic E-state index is -0.937. The Balaban J connectivity index is 2.04. The maximum atomic E-state index is 13.4. The van der Waals surface area contributed by atoms with Crippen LogP contribution in [0.15, 0.2) is 18.2 Å². The van der Waals surface area contributed by atoms with E-state index < -0.39 is 11.5 Å². The lowest BCUT2D eigenvalue weighted by atomic mass is 9.89. The largest absolute Gasteiger partial charge is 0.480 e. The van der Waals surface area contributed by atoms with Crippen LogP contribution in [0.4, 0.5) is 4.39 Å². The molecule has 1 aromatic carbocycles. The fourth-order valence-electron chi connectivity index (χ4n) is 3.76. The lowest BCUT2D eigenvalue weighted by Crippen LogP contribution is -2.51.